The van der Waals surface area contributed by atoms with Gasteiger partial charge in [0.2, 0.25) is 0 Å². The topological polar surface area (TPSA) is 77.3 Å². The van der Waals surface area contributed by atoms with Crippen molar-refractivity contribution in [3.05, 3.63) is 0 Å². The molecule has 1 aliphatic heterocycles. The minimum absolute atomic E-state index is 0.0697. The van der Waals surface area contributed by atoms with E-state index in [4.69, 9.17) is 0 Å². The number of rotatable bonds is 31. The average molecular weight is 582 g/mol. The Morgan fingerprint density at radius 2 is 0.775 bits per heavy atom. The Morgan fingerprint density at radius 3 is 1.00 bits per heavy atom. The van der Waals surface area contributed by atoms with Crippen LogP contribution in [0.5, 0.6) is 0 Å². The van der Waals surface area contributed by atoms with E-state index >= 15 is 0 Å². The zero-order chi connectivity index (χ0) is 29.3. The third-order valence-corrected chi connectivity index (χ3v) is 9.73. The molecule has 2 atom stereocenters. The second-order valence-corrected chi connectivity index (χ2v) is 13.4. The van der Waals surface area contributed by atoms with Crippen molar-refractivity contribution in [2.75, 3.05) is 6.54 Å². The van der Waals surface area contributed by atoms with Crippen molar-refractivity contribution >= 4 is 19.7 Å². The molecule has 0 spiro atoms. The molecule has 0 aliphatic carbocycles. The first-order chi connectivity index (χ1) is 19.5. The van der Waals surface area contributed by atoms with E-state index in [-0.39, 0.29) is 18.1 Å². The fourth-order valence-electron chi connectivity index (χ4n) is 6.02. The average Bonchev–Trinajstić information content (AvgIpc) is 3.71. The molecule has 0 N–H and O–H groups in total. The minimum Gasteiger partial charge on any atom is -0.578 e. The van der Waals surface area contributed by atoms with Crippen LogP contribution in [0.1, 0.15) is 194 Å². The molecule has 0 aromatic heterocycles. The third-order valence-electron chi connectivity index (χ3n) is 8.85. The molecule has 40 heavy (non-hydrogen) atoms. The normalized spacial score (nSPS) is 16.3. The molecule has 0 bridgehead atoms. The Labute approximate surface area is 249 Å². The minimum atomic E-state index is -2.88. The zero-order valence-corrected chi connectivity index (χ0v) is 27.4. The predicted octanol–water partition coefficient (Wildman–Crippen LogP) is 10.2. The quantitative estimate of drug-likeness (QED) is 0.0352. The van der Waals surface area contributed by atoms with E-state index < -0.39 is 13.7 Å². The van der Waals surface area contributed by atoms with Gasteiger partial charge in [-0.05, 0) is 12.8 Å². The number of nitrogens with zero attached hydrogens (tertiary/aromatic N) is 1. The number of ketones is 2. The van der Waals surface area contributed by atoms with Crippen LogP contribution in [0.2, 0.25) is 0 Å². The van der Waals surface area contributed by atoms with Crippen LogP contribution in [-0.4, -0.2) is 28.3 Å². The number of Topliss-reactive ketones (excluding diaryl/α,β-unsaturated/α-hetero) is 2. The Morgan fingerprint density at radius 1 is 0.525 bits per heavy atom. The van der Waals surface area contributed by atoms with Crippen molar-refractivity contribution in [1.29, 1.82) is 0 Å². The highest BCUT2D eigenvalue weighted by Gasteiger charge is 2.69. The van der Waals surface area contributed by atoms with Crippen molar-refractivity contribution in [2.45, 2.75) is 199 Å². The molecule has 1 rings (SSSR count). The summed E-state index contributed by atoms with van der Waals surface area (Å²) in [4.78, 5) is 37.6. The van der Waals surface area contributed by atoms with Crippen LogP contribution in [0, 0.1) is 0 Å². The Hall–Kier alpha value is -0.640. The van der Waals surface area contributed by atoms with Gasteiger partial charge in [0.15, 0.2) is 17.1 Å². The number of hydrogen-bond donors (Lipinski definition) is 0. The van der Waals surface area contributed by atoms with E-state index in [1.54, 1.807) is 0 Å². The number of carbonyl (C=O) groups excluding carboxylic acids is 2. The third kappa shape index (κ3) is 16.7. The lowest BCUT2D eigenvalue weighted by molar-refractivity contribution is -0.173. The van der Waals surface area contributed by atoms with Gasteiger partial charge in [0.25, 0.3) is 0 Å². The van der Waals surface area contributed by atoms with Gasteiger partial charge in [-0.25, -0.2) is 0 Å². The van der Waals surface area contributed by atoms with E-state index in [9.17, 15) is 19.0 Å². The van der Waals surface area contributed by atoms with Crippen molar-refractivity contribution in [3.8, 4) is 0 Å². The van der Waals surface area contributed by atoms with Gasteiger partial charge >= 0.3 is 8.18 Å². The highest BCUT2D eigenvalue weighted by molar-refractivity contribution is 7.34. The fourth-order valence-corrected chi connectivity index (χ4v) is 6.84. The highest BCUT2D eigenvalue weighted by Crippen LogP contribution is 2.46. The molecule has 234 valence electrons. The number of unbranched alkanes of at least 4 members (excludes halogenated alkanes) is 24. The second kappa shape index (κ2) is 24.9. The van der Waals surface area contributed by atoms with Gasteiger partial charge in [-0.2, -0.15) is 0 Å². The molecule has 0 saturated carbocycles. The summed E-state index contributed by atoms with van der Waals surface area (Å²) >= 11 is 0. The van der Waals surface area contributed by atoms with Gasteiger partial charge < -0.3 is 4.89 Å². The molecule has 0 radical (unpaired) electrons. The largest absolute Gasteiger partial charge is 0.578 e. The first kappa shape index (κ1) is 37.4. The van der Waals surface area contributed by atoms with E-state index in [0.29, 0.717) is 12.8 Å². The molecule has 0 aromatic carbocycles. The van der Waals surface area contributed by atoms with Crippen LogP contribution in [0.3, 0.4) is 0 Å². The van der Waals surface area contributed by atoms with Gasteiger partial charge in [-0.15, -0.1) is 0 Å². The summed E-state index contributed by atoms with van der Waals surface area (Å²) in [7, 11) is -2.88. The molecule has 1 aliphatic rings. The summed E-state index contributed by atoms with van der Waals surface area (Å²) in [6.45, 7) is 4.58. The number of carbonyl (C=O) groups is 2. The van der Waals surface area contributed by atoms with E-state index in [2.05, 4.69) is 13.8 Å². The van der Waals surface area contributed by atoms with Crippen LogP contribution < -0.4 is 4.89 Å². The van der Waals surface area contributed by atoms with E-state index in [1.807, 2.05) is 0 Å². The molecule has 0 amide bonds. The molecule has 6 heteroatoms. The maximum Gasteiger partial charge on any atom is 0.412 e. The molecular weight excluding hydrogens is 517 g/mol. The van der Waals surface area contributed by atoms with Gasteiger partial charge in [-0.1, -0.05) is 177 Å². The molecule has 1 heterocycles. The standard InChI is InChI=1S/C34H64NO4P/c1-3-5-7-9-11-13-15-17-19-21-23-25-27-29-32(36)34(31-35(34)40(38)39)33(37)30-28-26-24-22-20-18-16-14-12-10-8-6-4-2/h3-31H2,1-2H3. The highest BCUT2D eigenvalue weighted by atomic mass is 31.1. The molecule has 5 nitrogen and oxygen atoms in total. The molecule has 0 aromatic rings. The summed E-state index contributed by atoms with van der Waals surface area (Å²) in [5.74, 6) is -0.344. The molecule has 1 fully saturated rings. The molecule has 2 unspecified atom stereocenters. The monoisotopic (exact) mass is 581 g/mol. The molecular formula is C34H64NO4P. The van der Waals surface area contributed by atoms with Crippen LogP contribution in [0.15, 0.2) is 0 Å². The smallest absolute Gasteiger partial charge is 0.412 e. The van der Waals surface area contributed by atoms with Crippen molar-refractivity contribution in [2.24, 2.45) is 0 Å². The summed E-state index contributed by atoms with van der Waals surface area (Å²) < 4.78 is 12.7. The van der Waals surface area contributed by atoms with Crippen LogP contribution in [0.25, 0.3) is 0 Å². The summed E-state index contributed by atoms with van der Waals surface area (Å²) in [5.41, 5.74) is -1.36. The zero-order valence-electron chi connectivity index (χ0n) is 26.5. The maximum absolute atomic E-state index is 13.0. The number of hydrogen-bond acceptors (Lipinski definition) is 4. The maximum atomic E-state index is 13.0. The van der Waals surface area contributed by atoms with Gasteiger partial charge in [0.05, 0.1) is 6.54 Å². The lowest BCUT2D eigenvalue weighted by atomic mass is 9.91. The van der Waals surface area contributed by atoms with Gasteiger partial charge in [0, 0.05) is 12.8 Å². The Kier molecular flexibility index (Phi) is 23.3. The van der Waals surface area contributed by atoms with E-state index in [0.717, 1.165) is 43.2 Å². The Balaban J connectivity index is 2.11. The predicted molar refractivity (Wildman–Crippen MR) is 168 cm³/mol. The fraction of sp³-hybridized carbons (Fsp3) is 0.941. The van der Waals surface area contributed by atoms with Crippen LogP contribution >= 0.6 is 8.18 Å². The van der Waals surface area contributed by atoms with Crippen molar-refractivity contribution in [1.82, 2.24) is 4.67 Å². The first-order valence-corrected chi connectivity index (χ1v) is 18.6. The summed E-state index contributed by atoms with van der Waals surface area (Å²) in [6.07, 6.45) is 32.8. The summed E-state index contributed by atoms with van der Waals surface area (Å²) in [5, 5.41) is 0. The van der Waals surface area contributed by atoms with Crippen molar-refractivity contribution < 1.29 is 19.0 Å². The summed E-state index contributed by atoms with van der Waals surface area (Å²) in [6, 6.07) is 0. The first-order valence-electron chi connectivity index (χ1n) is 17.5. The van der Waals surface area contributed by atoms with E-state index in [1.165, 1.54) is 128 Å². The lowest BCUT2D eigenvalue weighted by Gasteiger charge is -2.12. The van der Waals surface area contributed by atoms with Gasteiger partial charge in [0.1, 0.15) is 0 Å². The second-order valence-electron chi connectivity index (χ2n) is 12.5. The Bertz CT molecular complexity index is 626. The SMILES string of the molecule is CCCCCCCCCCCCCCCC(=O)C1(C(=O)CCCCCCCCCCCCCCC)CN1[P+](=O)[O-]. The molecule has 1 saturated heterocycles. The van der Waals surface area contributed by atoms with Crippen LogP contribution in [0.4, 0.5) is 0 Å². The lowest BCUT2D eigenvalue weighted by Crippen LogP contribution is -2.37. The van der Waals surface area contributed by atoms with Gasteiger partial charge in [-0.3, -0.25) is 9.59 Å². The van der Waals surface area contributed by atoms with Crippen molar-refractivity contribution in [3.63, 3.8) is 0 Å². The van der Waals surface area contributed by atoms with Crippen LogP contribution in [-0.2, 0) is 14.2 Å².